The van der Waals surface area contributed by atoms with Crippen LogP contribution in [0.5, 0.6) is 0 Å². The summed E-state index contributed by atoms with van der Waals surface area (Å²) in [6.07, 6.45) is 7.05. The maximum absolute atomic E-state index is 12.6. The summed E-state index contributed by atoms with van der Waals surface area (Å²) in [6, 6.07) is 9.72. The lowest BCUT2D eigenvalue weighted by Crippen LogP contribution is -2.34. The van der Waals surface area contributed by atoms with Crippen LogP contribution >= 0.6 is 0 Å². The Hall–Kier alpha value is -2.96. The minimum absolute atomic E-state index is 0.0995. The van der Waals surface area contributed by atoms with Crippen molar-refractivity contribution in [2.24, 2.45) is 7.05 Å². The highest BCUT2D eigenvalue weighted by molar-refractivity contribution is 5.37. The van der Waals surface area contributed by atoms with E-state index >= 15 is 0 Å². The highest BCUT2D eigenvalue weighted by Crippen LogP contribution is 2.29. The molecule has 128 valence electrons. The van der Waals surface area contributed by atoms with Crippen molar-refractivity contribution in [3.05, 3.63) is 65.2 Å². The summed E-state index contributed by atoms with van der Waals surface area (Å²) in [7, 11) is 1.71. The molecular weight excluding hydrogens is 316 g/mol. The van der Waals surface area contributed by atoms with E-state index in [0.29, 0.717) is 0 Å². The summed E-state index contributed by atoms with van der Waals surface area (Å²) in [4.78, 5) is 23.3. The van der Waals surface area contributed by atoms with E-state index in [0.717, 1.165) is 43.3 Å². The van der Waals surface area contributed by atoms with E-state index in [4.69, 9.17) is 0 Å². The molecule has 7 heteroatoms. The second-order valence-electron chi connectivity index (χ2n) is 6.26. The van der Waals surface area contributed by atoms with E-state index in [1.807, 2.05) is 30.3 Å². The van der Waals surface area contributed by atoms with E-state index < -0.39 is 0 Å². The van der Waals surface area contributed by atoms with Crippen molar-refractivity contribution >= 4 is 5.82 Å². The van der Waals surface area contributed by atoms with Crippen LogP contribution in [-0.4, -0.2) is 37.4 Å². The third kappa shape index (κ3) is 2.93. The number of piperidine rings is 1. The molecule has 0 bridgehead atoms. The van der Waals surface area contributed by atoms with E-state index in [1.165, 1.54) is 4.68 Å². The smallest absolute Gasteiger partial charge is 0.350 e. The van der Waals surface area contributed by atoms with Crippen LogP contribution in [0, 0.1) is 0 Å². The second kappa shape index (κ2) is 6.51. The van der Waals surface area contributed by atoms with Crippen molar-refractivity contribution in [2.75, 3.05) is 18.0 Å². The van der Waals surface area contributed by atoms with Gasteiger partial charge in [0.25, 0.3) is 0 Å². The first-order valence-electron chi connectivity index (χ1n) is 8.46. The zero-order valence-electron chi connectivity index (χ0n) is 14.1. The monoisotopic (exact) mass is 336 g/mol. The first-order chi connectivity index (χ1) is 12.2. The average molecular weight is 336 g/mol. The Morgan fingerprint density at radius 3 is 2.52 bits per heavy atom. The molecule has 25 heavy (non-hydrogen) atoms. The molecule has 4 rings (SSSR count). The normalized spacial score (nSPS) is 15.5. The molecule has 0 saturated carbocycles. The van der Waals surface area contributed by atoms with Gasteiger partial charge in [-0.15, -0.1) is 0 Å². The van der Waals surface area contributed by atoms with E-state index in [9.17, 15) is 4.79 Å². The quantitative estimate of drug-likeness (QED) is 0.729. The van der Waals surface area contributed by atoms with Crippen molar-refractivity contribution in [2.45, 2.75) is 18.8 Å². The van der Waals surface area contributed by atoms with Crippen LogP contribution < -0.4 is 10.6 Å². The summed E-state index contributed by atoms with van der Waals surface area (Å²) in [5, 5.41) is 4.53. The molecule has 0 unspecified atom stereocenters. The molecule has 3 heterocycles. The fourth-order valence-corrected chi connectivity index (χ4v) is 3.39. The summed E-state index contributed by atoms with van der Waals surface area (Å²) in [6.45, 7) is 1.76. The van der Waals surface area contributed by atoms with Gasteiger partial charge in [-0.3, -0.25) is 4.98 Å². The standard InChI is InChI=1S/C18H20N6O/c1-22-18(25)24(15-5-3-2-4-6-15)17(21-22)14-7-11-23(12-8-14)16-13-19-9-10-20-16/h2-6,9-10,13-14H,7-8,11-12H2,1H3. The van der Waals surface area contributed by atoms with E-state index in [1.54, 1.807) is 30.2 Å². The largest absolute Gasteiger partial charge is 0.355 e. The summed E-state index contributed by atoms with van der Waals surface area (Å²) in [5.41, 5.74) is 0.768. The summed E-state index contributed by atoms with van der Waals surface area (Å²) < 4.78 is 3.17. The molecule has 1 fully saturated rings. The Labute approximate surface area is 145 Å². The lowest BCUT2D eigenvalue weighted by Gasteiger charge is -2.32. The first kappa shape index (κ1) is 15.6. The number of hydrogen-bond donors (Lipinski definition) is 0. The number of aryl methyl sites for hydroxylation is 1. The number of rotatable bonds is 3. The number of nitrogens with zero attached hydrogens (tertiary/aromatic N) is 6. The molecule has 0 radical (unpaired) electrons. The SMILES string of the molecule is Cn1nc(C2CCN(c3cnccn3)CC2)n(-c2ccccc2)c1=O. The maximum atomic E-state index is 12.6. The van der Waals surface area contributed by atoms with Gasteiger partial charge in [-0.2, -0.15) is 5.10 Å². The number of benzene rings is 1. The summed E-state index contributed by atoms with van der Waals surface area (Å²) in [5.74, 6) is 2.00. The van der Waals surface area contributed by atoms with Gasteiger partial charge in [-0.1, -0.05) is 18.2 Å². The Balaban J connectivity index is 1.60. The van der Waals surface area contributed by atoms with Gasteiger partial charge >= 0.3 is 5.69 Å². The topological polar surface area (TPSA) is 68.8 Å². The molecule has 1 aromatic carbocycles. The third-order valence-electron chi connectivity index (χ3n) is 4.70. The molecule has 1 saturated heterocycles. The Kier molecular flexibility index (Phi) is 4.05. The molecule has 2 aromatic heterocycles. The summed E-state index contributed by atoms with van der Waals surface area (Å²) >= 11 is 0. The van der Waals surface area contributed by atoms with Crippen LogP contribution in [0.15, 0.2) is 53.7 Å². The lowest BCUT2D eigenvalue weighted by molar-refractivity contribution is 0.474. The zero-order chi connectivity index (χ0) is 17.2. The van der Waals surface area contributed by atoms with Crippen LogP contribution in [0.4, 0.5) is 5.82 Å². The van der Waals surface area contributed by atoms with Crippen molar-refractivity contribution in [1.29, 1.82) is 0 Å². The zero-order valence-corrected chi connectivity index (χ0v) is 14.1. The van der Waals surface area contributed by atoms with E-state index in [-0.39, 0.29) is 11.6 Å². The van der Waals surface area contributed by atoms with Crippen molar-refractivity contribution in [3.63, 3.8) is 0 Å². The molecule has 0 N–H and O–H groups in total. The fourth-order valence-electron chi connectivity index (χ4n) is 3.39. The lowest BCUT2D eigenvalue weighted by atomic mass is 9.96. The molecule has 0 amide bonds. The molecule has 0 aliphatic carbocycles. The molecule has 1 aliphatic rings. The van der Waals surface area contributed by atoms with Gasteiger partial charge in [0.05, 0.1) is 11.9 Å². The minimum atomic E-state index is -0.0995. The molecule has 0 atom stereocenters. The first-order valence-corrected chi connectivity index (χ1v) is 8.46. The molecular formula is C18H20N6O. The van der Waals surface area contributed by atoms with Gasteiger partial charge in [0.15, 0.2) is 0 Å². The molecule has 0 spiro atoms. The molecule has 3 aromatic rings. The van der Waals surface area contributed by atoms with Gasteiger partial charge < -0.3 is 4.90 Å². The average Bonchev–Trinajstić information content (AvgIpc) is 2.98. The molecule has 1 aliphatic heterocycles. The Bertz CT molecular complexity index is 894. The van der Waals surface area contributed by atoms with Gasteiger partial charge in [0.2, 0.25) is 0 Å². The molecule has 7 nitrogen and oxygen atoms in total. The van der Waals surface area contributed by atoms with Crippen molar-refractivity contribution in [3.8, 4) is 5.69 Å². The van der Waals surface area contributed by atoms with Crippen LogP contribution in [0.25, 0.3) is 5.69 Å². The van der Waals surface area contributed by atoms with E-state index in [2.05, 4.69) is 20.0 Å². The van der Waals surface area contributed by atoms with Gasteiger partial charge in [-0.25, -0.2) is 19.0 Å². The fraction of sp³-hybridized carbons (Fsp3) is 0.333. The highest BCUT2D eigenvalue weighted by atomic mass is 16.2. The third-order valence-corrected chi connectivity index (χ3v) is 4.70. The predicted octanol–water partition coefficient (Wildman–Crippen LogP) is 1.75. The van der Waals surface area contributed by atoms with Gasteiger partial charge in [0, 0.05) is 38.4 Å². The highest BCUT2D eigenvalue weighted by Gasteiger charge is 2.27. The number of anilines is 1. The number of aromatic nitrogens is 5. The maximum Gasteiger partial charge on any atom is 0.350 e. The van der Waals surface area contributed by atoms with Crippen LogP contribution in [0.2, 0.25) is 0 Å². The van der Waals surface area contributed by atoms with Gasteiger partial charge in [-0.05, 0) is 25.0 Å². The second-order valence-corrected chi connectivity index (χ2v) is 6.26. The van der Waals surface area contributed by atoms with Crippen molar-refractivity contribution < 1.29 is 0 Å². The predicted molar refractivity (Wildman–Crippen MR) is 95.0 cm³/mol. The van der Waals surface area contributed by atoms with Crippen LogP contribution in [0.3, 0.4) is 0 Å². The van der Waals surface area contributed by atoms with Crippen molar-refractivity contribution in [1.82, 2.24) is 24.3 Å². The van der Waals surface area contributed by atoms with Gasteiger partial charge in [0.1, 0.15) is 11.6 Å². The Morgan fingerprint density at radius 2 is 1.84 bits per heavy atom. The van der Waals surface area contributed by atoms with Crippen LogP contribution in [-0.2, 0) is 7.05 Å². The minimum Gasteiger partial charge on any atom is -0.355 e. The number of hydrogen-bond acceptors (Lipinski definition) is 5. The van der Waals surface area contributed by atoms with Crippen LogP contribution in [0.1, 0.15) is 24.6 Å². The Morgan fingerprint density at radius 1 is 1.08 bits per heavy atom. The number of para-hydroxylation sites is 1.